The zero-order valence-corrected chi connectivity index (χ0v) is 12.2. The van der Waals surface area contributed by atoms with Crippen LogP contribution in [0.5, 0.6) is 0 Å². The van der Waals surface area contributed by atoms with E-state index >= 15 is 0 Å². The van der Waals surface area contributed by atoms with Gasteiger partial charge in [-0.05, 0) is 51.5 Å². The van der Waals surface area contributed by atoms with E-state index in [-0.39, 0.29) is 0 Å². The van der Waals surface area contributed by atoms with Crippen molar-refractivity contribution in [2.45, 2.75) is 76.0 Å². The van der Waals surface area contributed by atoms with Gasteiger partial charge in [-0.15, -0.1) is 0 Å². The molecule has 1 aliphatic carbocycles. The molecule has 1 unspecified atom stereocenters. The highest BCUT2D eigenvalue weighted by Crippen LogP contribution is 2.39. The van der Waals surface area contributed by atoms with E-state index in [0.717, 1.165) is 57.9 Å². The van der Waals surface area contributed by atoms with Crippen molar-refractivity contribution in [1.29, 1.82) is 0 Å². The summed E-state index contributed by atoms with van der Waals surface area (Å²) in [5.41, 5.74) is -0.584. The Labute approximate surface area is 116 Å². The van der Waals surface area contributed by atoms with Gasteiger partial charge in [-0.3, -0.25) is 9.69 Å². The fourth-order valence-corrected chi connectivity index (χ4v) is 4.04. The van der Waals surface area contributed by atoms with Gasteiger partial charge >= 0.3 is 5.97 Å². The van der Waals surface area contributed by atoms with Crippen molar-refractivity contribution in [2.75, 3.05) is 13.7 Å². The van der Waals surface area contributed by atoms with Gasteiger partial charge in [0.1, 0.15) is 5.54 Å². The van der Waals surface area contributed by atoms with Gasteiger partial charge in [0.15, 0.2) is 0 Å². The molecule has 0 bridgehead atoms. The van der Waals surface area contributed by atoms with Crippen molar-refractivity contribution >= 4 is 5.97 Å². The Morgan fingerprint density at radius 3 is 2.58 bits per heavy atom. The summed E-state index contributed by atoms with van der Waals surface area (Å²) in [5.74, 6) is -0.610. The second-order valence-corrected chi connectivity index (χ2v) is 6.05. The van der Waals surface area contributed by atoms with Crippen LogP contribution in [0.1, 0.15) is 58.3 Å². The number of carbonyl (C=O) groups is 1. The fourth-order valence-electron chi connectivity index (χ4n) is 4.04. The smallest absolute Gasteiger partial charge is 0.324 e. The first kappa shape index (κ1) is 14.8. The number of likely N-dealkylation sites (tertiary alicyclic amines) is 1. The summed E-state index contributed by atoms with van der Waals surface area (Å²) in [7, 11) is 1.78. The van der Waals surface area contributed by atoms with Gasteiger partial charge in [-0.2, -0.15) is 0 Å². The Kier molecular flexibility index (Phi) is 4.85. The first-order valence-electron chi connectivity index (χ1n) is 7.67. The monoisotopic (exact) mass is 269 g/mol. The zero-order valence-electron chi connectivity index (χ0n) is 12.2. The quantitative estimate of drug-likeness (QED) is 0.833. The zero-order chi connectivity index (χ0) is 13.9. The fraction of sp³-hybridized carbons (Fsp3) is 0.933. The molecule has 2 rings (SSSR count). The number of rotatable bonds is 5. The van der Waals surface area contributed by atoms with E-state index in [1.807, 2.05) is 0 Å². The Bertz CT molecular complexity index is 313. The lowest BCUT2D eigenvalue weighted by atomic mass is 9.85. The van der Waals surface area contributed by atoms with Gasteiger partial charge < -0.3 is 9.84 Å². The normalized spacial score (nSPS) is 36.5. The molecule has 0 aromatic carbocycles. The van der Waals surface area contributed by atoms with Crippen LogP contribution in [0.15, 0.2) is 0 Å². The minimum absolute atomic E-state index is 0.379. The van der Waals surface area contributed by atoms with E-state index < -0.39 is 11.5 Å². The lowest BCUT2D eigenvalue weighted by Gasteiger charge is -2.42. The van der Waals surface area contributed by atoms with Gasteiger partial charge in [0.05, 0.1) is 6.10 Å². The van der Waals surface area contributed by atoms with Crippen molar-refractivity contribution in [3.63, 3.8) is 0 Å². The minimum atomic E-state index is -0.610. The molecule has 2 aliphatic rings. The molecular formula is C15H27NO3. The molecule has 4 heteroatoms. The molecule has 1 heterocycles. The van der Waals surface area contributed by atoms with Crippen molar-refractivity contribution < 1.29 is 14.6 Å². The molecule has 0 spiro atoms. The number of aliphatic carboxylic acids is 1. The summed E-state index contributed by atoms with van der Waals surface area (Å²) in [6.45, 7) is 3.04. The minimum Gasteiger partial charge on any atom is -0.480 e. The van der Waals surface area contributed by atoms with Crippen LogP contribution in [0.25, 0.3) is 0 Å². The highest BCUT2D eigenvalue weighted by Gasteiger charge is 2.49. The average Bonchev–Trinajstić information content (AvgIpc) is 2.84. The summed E-state index contributed by atoms with van der Waals surface area (Å²) in [6.07, 6.45) is 8.25. The van der Waals surface area contributed by atoms with Gasteiger partial charge in [0.2, 0.25) is 0 Å². The number of carboxylic acid groups (broad SMARTS) is 1. The molecule has 1 saturated heterocycles. The Balaban J connectivity index is 2.07. The topological polar surface area (TPSA) is 49.8 Å². The number of carboxylic acids is 1. The summed E-state index contributed by atoms with van der Waals surface area (Å²) in [5, 5.41) is 9.73. The molecule has 110 valence electrons. The van der Waals surface area contributed by atoms with Crippen molar-refractivity contribution in [2.24, 2.45) is 0 Å². The van der Waals surface area contributed by atoms with E-state index in [9.17, 15) is 9.90 Å². The van der Waals surface area contributed by atoms with Crippen molar-refractivity contribution in [1.82, 2.24) is 4.90 Å². The van der Waals surface area contributed by atoms with Crippen LogP contribution in [-0.2, 0) is 9.53 Å². The van der Waals surface area contributed by atoms with Gasteiger partial charge in [0.25, 0.3) is 0 Å². The Morgan fingerprint density at radius 2 is 2.05 bits per heavy atom. The molecule has 4 nitrogen and oxygen atoms in total. The molecule has 19 heavy (non-hydrogen) atoms. The van der Waals surface area contributed by atoms with Crippen LogP contribution in [0, 0.1) is 0 Å². The average molecular weight is 269 g/mol. The molecule has 0 amide bonds. The van der Waals surface area contributed by atoms with Crippen LogP contribution in [0.3, 0.4) is 0 Å². The summed E-state index contributed by atoms with van der Waals surface area (Å²) >= 11 is 0. The molecule has 1 N–H and O–H groups in total. The second-order valence-electron chi connectivity index (χ2n) is 6.05. The summed E-state index contributed by atoms with van der Waals surface area (Å²) < 4.78 is 5.41. The van der Waals surface area contributed by atoms with Crippen molar-refractivity contribution in [3.05, 3.63) is 0 Å². The SMILES string of the molecule is CCCC1(C(=O)O)CCCN1C1CCC(OC)CC1. The predicted octanol–water partition coefficient (Wildman–Crippen LogP) is 2.66. The maximum absolute atomic E-state index is 11.8. The van der Waals surface area contributed by atoms with Gasteiger partial charge in [0, 0.05) is 13.2 Å². The van der Waals surface area contributed by atoms with Crippen LogP contribution in [0.2, 0.25) is 0 Å². The van der Waals surface area contributed by atoms with E-state index in [1.165, 1.54) is 0 Å². The highest BCUT2D eigenvalue weighted by atomic mass is 16.5. The molecule has 0 aromatic heterocycles. The second kappa shape index (κ2) is 6.23. The lowest BCUT2D eigenvalue weighted by Crippen LogP contribution is -2.55. The number of ether oxygens (including phenoxy) is 1. The molecule has 0 aromatic rings. The third-order valence-corrected chi connectivity index (χ3v) is 5.02. The third-order valence-electron chi connectivity index (χ3n) is 5.02. The number of nitrogens with zero attached hydrogens (tertiary/aromatic N) is 1. The molecule has 1 saturated carbocycles. The Hall–Kier alpha value is -0.610. The van der Waals surface area contributed by atoms with E-state index in [2.05, 4.69) is 11.8 Å². The van der Waals surface area contributed by atoms with E-state index in [4.69, 9.17) is 4.74 Å². The maximum atomic E-state index is 11.8. The Morgan fingerprint density at radius 1 is 1.37 bits per heavy atom. The van der Waals surface area contributed by atoms with Crippen molar-refractivity contribution in [3.8, 4) is 0 Å². The molecule has 1 atom stereocenters. The van der Waals surface area contributed by atoms with Crippen LogP contribution in [-0.4, -0.2) is 47.3 Å². The van der Waals surface area contributed by atoms with E-state index in [0.29, 0.717) is 12.1 Å². The molecular weight excluding hydrogens is 242 g/mol. The first-order valence-corrected chi connectivity index (χ1v) is 7.67. The standard InChI is InChI=1S/C15H27NO3/c1-3-9-15(14(17)18)10-4-11-16(15)12-5-7-13(19-2)8-6-12/h12-13H,3-11H2,1-2H3,(H,17,18). The van der Waals surface area contributed by atoms with Crippen LogP contribution in [0.4, 0.5) is 0 Å². The summed E-state index contributed by atoms with van der Waals surface area (Å²) in [4.78, 5) is 14.1. The van der Waals surface area contributed by atoms with Gasteiger partial charge in [-0.1, -0.05) is 13.3 Å². The van der Waals surface area contributed by atoms with Crippen LogP contribution < -0.4 is 0 Å². The summed E-state index contributed by atoms with van der Waals surface area (Å²) in [6, 6.07) is 0.441. The number of methoxy groups -OCH3 is 1. The number of hydrogen-bond acceptors (Lipinski definition) is 3. The predicted molar refractivity (Wildman–Crippen MR) is 74.3 cm³/mol. The lowest BCUT2D eigenvalue weighted by molar-refractivity contribution is -0.152. The molecule has 1 aliphatic heterocycles. The third kappa shape index (κ3) is 2.79. The molecule has 0 radical (unpaired) electrons. The van der Waals surface area contributed by atoms with Gasteiger partial charge in [-0.25, -0.2) is 0 Å². The maximum Gasteiger partial charge on any atom is 0.324 e. The first-order chi connectivity index (χ1) is 9.14. The highest BCUT2D eigenvalue weighted by molar-refractivity contribution is 5.79. The largest absolute Gasteiger partial charge is 0.480 e. The van der Waals surface area contributed by atoms with E-state index in [1.54, 1.807) is 7.11 Å². The molecule has 2 fully saturated rings. The van der Waals surface area contributed by atoms with Crippen LogP contribution >= 0.6 is 0 Å². The number of hydrogen-bond donors (Lipinski definition) is 1.